The van der Waals surface area contributed by atoms with Crippen LogP contribution in [0.3, 0.4) is 0 Å². The molecule has 0 bridgehead atoms. The van der Waals surface area contributed by atoms with E-state index in [-0.39, 0.29) is 0 Å². The first-order chi connectivity index (χ1) is 7.63. The molecule has 0 aliphatic carbocycles. The lowest BCUT2D eigenvalue weighted by molar-refractivity contribution is 1.25. The van der Waals surface area contributed by atoms with E-state index in [1.807, 2.05) is 26.0 Å². The number of fused-ring (bicyclic) bond motifs is 1. The van der Waals surface area contributed by atoms with Gasteiger partial charge in [0, 0.05) is 17.2 Å². The summed E-state index contributed by atoms with van der Waals surface area (Å²) in [5, 5.41) is 9.51. The monoisotopic (exact) mass is 229 g/mol. The van der Waals surface area contributed by atoms with Crippen molar-refractivity contribution in [2.45, 2.75) is 13.8 Å². The number of rotatable bonds is 1. The molecule has 0 aliphatic heterocycles. The molecule has 0 radical (unpaired) electrons. The lowest BCUT2D eigenvalue weighted by atomic mass is 10.1. The molecule has 0 fully saturated rings. The lowest BCUT2D eigenvalue weighted by Gasteiger charge is -1.99. The fraction of sp³-hybridized carbons (Fsp3) is 0.167. The number of nitrogens with zero attached hydrogens (tertiary/aromatic N) is 2. The van der Waals surface area contributed by atoms with Crippen molar-refractivity contribution in [3.05, 3.63) is 28.3 Å². The smallest absolute Gasteiger partial charge is 0.126 e. The van der Waals surface area contributed by atoms with Gasteiger partial charge in [0.15, 0.2) is 0 Å². The summed E-state index contributed by atoms with van der Waals surface area (Å²) in [4.78, 5) is 6.29. The molecule has 0 saturated heterocycles. The van der Waals surface area contributed by atoms with E-state index in [0.717, 1.165) is 32.0 Å². The van der Waals surface area contributed by atoms with Gasteiger partial charge in [-0.1, -0.05) is 0 Å². The van der Waals surface area contributed by atoms with E-state index in [1.165, 1.54) is 17.4 Å². The highest BCUT2D eigenvalue weighted by atomic mass is 32.1. The van der Waals surface area contributed by atoms with E-state index in [2.05, 4.69) is 4.98 Å². The number of pyridine rings is 1. The molecule has 2 aromatic rings. The van der Waals surface area contributed by atoms with Crippen molar-refractivity contribution in [2.75, 3.05) is 5.73 Å². The molecule has 2 N–H and O–H groups in total. The van der Waals surface area contributed by atoms with Crippen LogP contribution in [0.25, 0.3) is 16.3 Å². The highest BCUT2D eigenvalue weighted by Crippen LogP contribution is 2.35. The largest absolute Gasteiger partial charge is 0.397 e. The van der Waals surface area contributed by atoms with Crippen LogP contribution in [0.1, 0.15) is 16.1 Å². The molecule has 0 unspecified atom stereocenters. The number of aromatic nitrogens is 1. The van der Waals surface area contributed by atoms with Gasteiger partial charge in [0.05, 0.1) is 16.6 Å². The van der Waals surface area contributed by atoms with Gasteiger partial charge in [-0.25, -0.2) is 4.98 Å². The quantitative estimate of drug-likeness (QED) is 0.764. The molecule has 2 aromatic heterocycles. The zero-order valence-electron chi connectivity index (χ0n) is 9.11. The van der Waals surface area contributed by atoms with Gasteiger partial charge in [-0.05, 0) is 31.6 Å². The van der Waals surface area contributed by atoms with Crippen LogP contribution >= 0.6 is 11.3 Å². The van der Waals surface area contributed by atoms with Crippen molar-refractivity contribution in [3.8, 4) is 6.07 Å². The molecule has 2 rings (SSSR count). The van der Waals surface area contributed by atoms with Crippen LogP contribution in [0.15, 0.2) is 12.1 Å². The van der Waals surface area contributed by atoms with Gasteiger partial charge in [-0.15, -0.1) is 11.3 Å². The Kier molecular flexibility index (Phi) is 2.63. The summed E-state index contributed by atoms with van der Waals surface area (Å²) >= 11 is 1.52. The van der Waals surface area contributed by atoms with E-state index < -0.39 is 0 Å². The molecule has 3 nitrogen and oxygen atoms in total. The minimum absolute atomic E-state index is 0.719. The summed E-state index contributed by atoms with van der Waals surface area (Å²) in [6.45, 7) is 3.99. The average Bonchev–Trinajstić information content (AvgIpc) is 2.52. The van der Waals surface area contributed by atoms with Crippen LogP contribution in [-0.4, -0.2) is 4.98 Å². The Hall–Kier alpha value is -1.86. The number of hydrogen-bond acceptors (Lipinski definition) is 4. The van der Waals surface area contributed by atoms with Gasteiger partial charge in [0.1, 0.15) is 4.83 Å². The van der Waals surface area contributed by atoms with Crippen molar-refractivity contribution in [1.82, 2.24) is 4.98 Å². The third-order valence-corrected chi connectivity index (χ3v) is 3.43. The number of thiophene rings is 1. The topological polar surface area (TPSA) is 62.7 Å². The Balaban J connectivity index is 2.74. The summed E-state index contributed by atoms with van der Waals surface area (Å²) < 4.78 is 0. The second kappa shape index (κ2) is 3.95. The average molecular weight is 229 g/mol. The third-order valence-electron chi connectivity index (χ3n) is 2.36. The Morgan fingerprint density at radius 3 is 2.94 bits per heavy atom. The molecule has 0 spiro atoms. The predicted octanol–water partition coefficient (Wildman–Crippen LogP) is 3.03. The van der Waals surface area contributed by atoms with E-state index >= 15 is 0 Å². The third kappa shape index (κ3) is 1.66. The van der Waals surface area contributed by atoms with Crippen molar-refractivity contribution in [2.24, 2.45) is 0 Å². The fourth-order valence-electron chi connectivity index (χ4n) is 1.72. The predicted molar refractivity (Wildman–Crippen MR) is 68.2 cm³/mol. The van der Waals surface area contributed by atoms with Gasteiger partial charge in [-0.2, -0.15) is 5.26 Å². The van der Waals surface area contributed by atoms with Crippen LogP contribution in [0.5, 0.6) is 0 Å². The first kappa shape index (κ1) is 10.7. The molecule has 0 aliphatic rings. The number of nitrogens with two attached hydrogens (primary N) is 1. The molecule has 0 aromatic carbocycles. The van der Waals surface area contributed by atoms with Gasteiger partial charge < -0.3 is 5.73 Å². The maximum atomic E-state index is 8.50. The van der Waals surface area contributed by atoms with Crippen LogP contribution in [0.4, 0.5) is 5.69 Å². The van der Waals surface area contributed by atoms with E-state index in [4.69, 9.17) is 11.0 Å². The van der Waals surface area contributed by atoms with Crippen molar-refractivity contribution in [3.63, 3.8) is 0 Å². The Bertz CT molecular complexity index is 617. The number of aryl methyl sites for hydroxylation is 2. The number of anilines is 1. The standard InChI is InChI=1S/C12H11N3S/c1-7-6-8(2)15-12-10(7)11(14)9(16-12)4-3-5-13/h3-4,6H,14H2,1-2H3. The van der Waals surface area contributed by atoms with Crippen molar-refractivity contribution < 1.29 is 0 Å². The Morgan fingerprint density at radius 2 is 2.25 bits per heavy atom. The van der Waals surface area contributed by atoms with E-state index in [0.29, 0.717) is 0 Å². The Labute approximate surface area is 97.8 Å². The van der Waals surface area contributed by atoms with Crippen LogP contribution in [0.2, 0.25) is 0 Å². The molecular weight excluding hydrogens is 218 g/mol. The zero-order chi connectivity index (χ0) is 11.7. The van der Waals surface area contributed by atoms with Gasteiger partial charge in [0.2, 0.25) is 0 Å². The fourth-order valence-corrected chi connectivity index (χ4v) is 2.84. The maximum Gasteiger partial charge on any atom is 0.126 e. The second-order valence-electron chi connectivity index (χ2n) is 3.60. The first-order valence-corrected chi connectivity index (χ1v) is 5.67. The summed E-state index contributed by atoms with van der Waals surface area (Å²) in [5.74, 6) is 0. The van der Waals surface area contributed by atoms with Gasteiger partial charge in [0.25, 0.3) is 0 Å². The van der Waals surface area contributed by atoms with E-state index in [1.54, 1.807) is 6.08 Å². The summed E-state index contributed by atoms with van der Waals surface area (Å²) in [6, 6.07) is 3.98. The minimum Gasteiger partial charge on any atom is -0.397 e. The molecular formula is C12H11N3S. The zero-order valence-corrected chi connectivity index (χ0v) is 9.93. The summed E-state index contributed by atoms with van der Waals surface area (Å²) in [6.07, 6.45) is 3.17. The van der Waals surface area contributed by atoms with Crippen LogP contribution in [-0.2, 0) is 0 Å². The van der Waals surface area contributed by atoms with Crippen molar-refractivity contribution in [1.29, 1.82) is 5.26 Å². The normalized spacial score (nSPS) is 11.1. The molecule has 0 amide bonds. The number of hydrogen-bond donors (Lipinski definition) is 1. The molecule has 2 heterocycles. The first-order valence-electron chi connectivity index (χ1n) is 4.86. The number of allylic oxidation sites excluding steroid dienone is 1. The number of nitriles is 1. The highest BCUT2D eigenvalue weighted by Gasteiger charge is 2.11. The molecule has 0 saturated carbocycles. The van der Waals surface area contributed by atoms with Gasteiger partial charge >= 0.3 is 0 Å². The van der Waals surface area contributed by atoms with Gasteiger partial charge in [-0.3, -0.25) is 0 Å². The van der Waals surface area contributed by atoms with E-state index in [9.17, 15) is 0 Å². The molecule has 4 heteroatoms. The van der Waals surface area contributed by atoms with Crippen molar-refractivity contribution >= 4 is 33.3 Å². The highest BCUT2D eigenvalue weighted by molar-refractivity contribution is 7.20. The number of nitrogen functional groups attached to an aromatic ring is 1. The molecule has 16 heavy (non-hydrogen) atoms. The van der Waals surface area contributed by atoms with Crippen LogP contribution in [0, 0.1) is 25.2 Å². The minimum atomic E-state index is 0.719. The maximum absolute atomic E-state index is 8.50. The SMILES string of the molecule is Cc1cc(C)c2c(N)c(C=CC#N)sc2n1. The van der Waals surface area contributed by atoms with Crippen LogP contribution < -0.4 is 5.73 Å². The Morgan fingerprint density at radius 1 is 1.50 bits per heavy atom. The summed E-state index contributed by atoms with van der Waals surface area (Å²) in [5.41, 5.74) is 8.88. The molecule has 80 valence electrons. The lowest BCUT2D eigenvalue weighted by Crippen LogP contribution is -1.88. The molecule has 0 atom stereocenters. The summed E-state index contributed by atoms with van der Waals surface area (Å²) in [7, 11) is 0. The second-order valence-corrected chi connectivity index (χ2v) is 4.63.